The van der Waals surface area contributed by atoms with Gasteiger partial charge in [0.15, 0.2) is 0 Å². The molecule has 2 heterocycles. The first-order valence-electron chi connectivity index (χ1n) is 8.05. The first-order chi connectivity index (χ1) is 11.6. The molecule has 24 heavy (non-hydrogen) atoms. The fraction of sp³-hybridized carbons (Fsp3) is 0.412. The first kappa shape index (κ1) is 16.9. The molecule has 1 aromatic carbocycles. The molecule has 0 aliphatic carbocycles. The van der Waals surface area contributed by atoms with Crippen LogP contribution in [0.3, 0.4) is 0 Å². The second kappa shape index (κ2) is 7.77. The van der Waals surface area contributed by atoms with Crippen LogP contribution in [0.2, 0.25) is 5.02 Å². The Morgan fingerprint density at radius 2 is 2.17 bits per heavy atom. The summed E-state index contributed by atoms with van der Waals surface area (Å²) < 4.78 is 15.1. The van der Waals surface area contributed by atoms with E-state index in [9.17, 15) is 9.18 Å². The molecule has 1 aromatic heterocycles. The normalized spacial score (nSPS) is 16.2. The maximum absolute atomic E-state index is 13.1. The molecule has 1 saturated heterocycles. The number of carbonyl (C=O) groups excluding carboxylic acids is 1. The van der Waals surface area contributed by atoms with Gasteiger partial charge < -0.3 is 5.32 Å². The van der Waals surface area contributed by atoms with E-state index in [0.717, 1.165) is 32.5 Å². The molecule has 0 radical (unpaired) electrons. The summed E-state index contributed by atoms with van der Waals surface area (Å²) in [6.07, 6.45) is 5.87. The van der Waals surface area contributed by atoms with Crippen LogP contribution in [0.5, 0.6) is 0 Å². The number of likely N-dealkylation sites (tertiary alicyclic amines) is 1. The van der Waals surface area contributed by atoms with Crippen molar-refractivity contribution in [2.75, 3.05) is 25.0 Å². The van der Waals surface area contributed by atoms with Gasteiger partial charge in [-0.25, -0.2) is 4.39 Å². The molecule has 128 valence electrons. The number of rotatable bonds is 5. The smallest absolute Gasteiger partial charge is 0.238 e. The lowest BCUT2D eigenvalue weighted by atomic mass is 9.97. The minimum Gasteiger partial charge on any atom is -0.325 e. The zero-order valence-electron chi connectivity index (χ0n) is 13.3. The van der Waals surface area contributed by atoms with Gasteiger partial charge in [0.05, 0.1) is 11.6 Å². The van der Waals surface area contributed by atoms with E-state index in [1.165, 1.54) is 18.2 Å². The molecule has 1 aliphatic heterocycles. The maximum Gasteiger partial charge on any atom is 0.238 e. The Morgan fingerprint density at radius 3 is 2.83 bits per heavy atom. The Kier molecular flexibility index (Phi) is 5.48. The number of anilines is 1. The third-order valence-corrected chi connectivity index (χ3v) is 4.57. The Hall–Kier alpha value is -1.92. The van der Waals surface area contributed by atoms with Crippen LogP contribution >= 0.6 is 11.6 Å². The van der Waals surface area contributed by atoms with Crippen LogP contribution in [-0.2, 0) is 11.3 Å². The number of piperidine rings is 1. The highest BCUT2D eigenvalue weighted by Crippen LogP contribution is 2.20. The lowest BCUT2D eigenvalue weighted by molar-refractivity contribution is -0.117. The van der Waals surface area contributed by atoms with Crippen molar-refractivity contribution in [3.05, 3.63) is 47.5 Å². The van der Waals surface area contributed by atoms with Crippen molar-refractivity contribution in [2.24, 2.45) is 5.92 Å². The average molecular weight is 351 g/mol. The molecule has 1 N–H and O–H groups in total. The second-order valence-electron chi connectivity index (χ2n) is 6.12. The van der Waals surface area contributed by atoms with Gasteiger partial charge in [-0.2, -0.15) is 5.10 Å². The molecule has 0 bridgehead atoms. The van der Waals surface area contributed by atoms with Crippen molar-refractivity contribution >= 4 is 23.2 Å². The minimum atomic E-state index is -0.492. The van der Waals surface area contributed by atoms with Crippen molar-refractivity contribution in [2.45, 2.75) is 19.4 Å². The van der Waals surface area contributed by atoms with Crippen molar-refractivity contribution in [1.29, 1.82) is 0 Å². The minimum absolute atomic E-state index is 0.00670. The standard InChI is InChI=1S/C17H20ClFN4O/c18-15-10-14(2-3-16(15)19)21-17(24)12-22-8-4-13(5-9-22)11-23-7-1-6-20-23/h1-3,6-7,10,13H,4-5,8-9,11-12H2,(H,21,24). The van der Waals surface area contributed by atoms with Crippen LogP contribution in [0.1, 0.15) is 12.8 Å². The summed E-state index contributed by atoms with van der Waals surface area (Å²) >= 11 is 5.72. The van der Waals surface area contributed by atoms with E-state index in [4.69, 9.17) is 11.6 Å². The SMILES string of the molecule is O=C(CN1CCC(Cn2cccn2)CC1)Nc1ccc(F)c(Cl)c1. The van der Waals surface area contributed by atoms with Gasteiger partial charge in [0.25, 0.3) is 0 Å². The average Bonchev–Trinajstić information content (AvgIpc) is 3.06. The lowest BCUT2D eigenvalue weighted by Crippen LogP contribution is -2.40. The highest BCUT2D eigenvalue weighted by Gasteiger charge is 2.21. The van der Waals surface area contributed by atoms with Gasteiger partial charge in [-0.15, -0.1) is 0 Å². The van der Waals surface area contributed by atoms with E-state index in [0.29, 0.717) is 18.2 Å². The Labute approximate surface area is 145 Å². The summed E-state index contributed by atoms with van der Waals surface area (Å²) in [5.74, 6) is -0.00256. The van der Waals surface area contributed by atoms with Gasteiger partial charge in [-0.05, 0) is 56.1 Å². The Bertz CT molecular complexity index is 684. The van der Waals surface area contributed by atoms with Crippen molar-refractivity contribution in [1.82, 2.24) is 14.7 Å². The fourth-order valence-electron chi connectivity index (χ4n) is 2.98. The van der Waals surface area contributed by atoms with Crippen molar-refractivity contribution < 1.29 is 9.18 Å². The summed E-state index contributed by atoms with van der Waals surface area (Å²) in [5.41, 5.74) is 0.514. The summed E-state index contributed by atoms with van der Waals surface area (Å²) in [6.45, 7) is 3.05. The summed E-state index contributed by atoms with van der Waals surface area (Å²) in [6, 6.07) is 6.11. The van der Waals surface area contributed by atoms with Crippen LogP contribution in [0, 0.1) is 11.7 Å². The molecule has 1 aliphatic rings. The van der Waals surface area contributed by atoms with E-state index >= 15 is 0 Å². The summed E-state index contributed by atoms with van der Waals surface area (Å²) in [7, 11) is 0. The number of hydrogen-bond acceptors (Lipinski definition) is 3. The molecular weight excluding hydrogens is 331 g/mol. The number of nitrogens with zero attached hydrogens (tertiary/aromatic N) is 3. The molecule has 3 rings (SSSR count). The van der Waals surface area contributed by atoms with Crippen LogP contribution in [0.25, 0.3) is 0 Å². The molecule has 0 saturated carbocycles. The van der Waals surface area contributed by atoms with Gasteiger partial charge in [-0.1, -0.05) is 11.6 Å². The molecule has 2 aromatic rings. The number of nitrogens with one attached hydrogen (secondary N) is 1. The van der Waals surface area contributed by atoms with E-state index in [2.05, 4.69) is 15.3 Å². The van der Waals surface area contributed by atoms with Gasteiger partial charge in [-0.3, -0.25) is 14.4 Å². The predicted octanol–water partition coefficient (Wildman–Crippen LogP) is 3.03. The van der Waals surface area contributed by atoms with Crippen molar-refractivity contribution in [3.8, 4) is 0 Å². The highest BCUT2D eigenvalue weighted by molar-refractivity contribution is 6.31. The second-order valence-corrected chi connectivity index (χ2v) is 6.53. The van der Waals surface area contributed by atoms with E-state index < -0.39 is 5.82 Å². The van der Waals surface area contributed by atoms with Crippen LogP contribution < -0.4 is 5.32 Å². The number of benzene rings is 1. The number of hydrogen-bond donors (Lipinski definition) is 1. The fourth-order valence-corrected chi connectivity index (χ4v) is 3.16. The largest absolute Gasteiger partial charge is 0.325 e. The molecule has 1 fully saturated rings. The molecular formula is C17H20ClFN4O. The van der Waals surface area contributed by atoms with Gasteiger partial charge in [0.2, 0.25) is 5.91 Å². The molecule has 0 unspecified atom stereocenters. The topological polar surface area (TPSA) is 50.2 Å². The number of carbonyl (C=O) groups is 1. The molecule has 0 spiro atoms. The first-order valence-corrected chi connectivity index (χ1v) is 8.42. The summed E-state index contributed by atoms with van der Waals surface area (Å²) in [5, 5.41) is 7.01. The van der Waals surface area contributed by atoms with Crippen LogP contribution in [0.15, 0.2) is 36.7 Å². The third-order valence-electron chi connectivity index (χ3n) is 4.28. The Balaban J connectivity index is 1.43. The van der Waals surface area contributed by atoms with E-state index in [1.807, 2.05) is 16.9 Å². The molecule has 1 amide bonds. The van der Waals surface area contributed by atoms with Gasteiger partial charge in [0, 0.05) is 24.6 Å². The summed E-state index contributed by atoms with van der Waals surface area (Å²) in [4.78, 5) is 14.2. The van der Waals surface area contributed by atoms with Crippen molar-refractivity contribution in [3.63, 3.8) is 0 Å². The Morgan fingerprint density at radius 1 is 1.38 bits per heavy atom. The number of aromatic nitrogens is 2. The number of amides is 1. The third kappa shape index (κ3) is 4.55. The van der Waals surface area contributed by atoms with Gasteiger partial charge >= 0.3 is 0 Å². The lowest BCUT2D eigenvalue weighted by Gasteiger charge is -2.31. The zero-order chi connectivity index (χ0) is 16.9. The predicted molar refractivity (Wildman–Crippen MR) is 91.4 cm³/mol. The quantitative estimate of drug-likeness (QED) is 0.901. The van der Waals surface area contributed by atoms with Crippen LogP contribution in [-0.4, -0.2) is 40.2 Å². The molecule has 0 atom stereocenters. The van der Waals surface area contributed by atoms with Crippen LogP contribution in [0.4, 0.5) is 10.1 Å². The maximum atomic E-state index is 13.1. The highest BCUT2D eigenvalue weighted by atomic mass is 35.5. The zero-order valence-corrected chi connectivity index (χ0v) is 14.0. The van der Waals surface area contributed by atoms with Gasteiger partial charge in [0.1, 0.15) is 5.82 Å². The molecule has 7 heteroatoms. The van der Waals surface area contributed by atoms with E-state index in [1.54, 1.807) is 6.20 Å². The van der Waals surface area contributed by atoms with E-state index in [-0.39, 0.29) is 10.9 Å². The molecule has 5 nitrogen and oxygen atoms in total. The number of halogens is 2. The monoisotopic (exact) mass is 350 g/mol.